The maximum Gasteiger partial charge on any atom is 0.237 e. The van der Waals surface area contributed by atoms with E-state index in [1.165, 1.54) is 11.1 Å². The first-order valence-electron chi connectivity index (χ1n) is 6.86. The zero-order valence-corrected chi connectivity index (χ0v) is 11.7. The van der Waals surface area contributed by atoms with Crippen molar-refractivity contribution in [1.82, 2.24) is 4.98 Å². The lowest BCUT2D eigenvalue weighted by atomic mass is 10.1. The molecule has 3 nitrogen and oxygen atoms in total. The Morgan fingerprint density at radius 1 is 1.25 bits per heavy atom. The lowest BCUT2D eigenvalue weighted by Gasteiger charge is -2.12. The summed E-state index contributed by atoms with van der Waals surface area (Å²) in [5.74, 6) is 1.20. The summed E-state index contributed by atoms with van der Waals surface area (Å²) >= 11 is 0. The Bertz CT molecular complexity index is 714. The van der Waals surface area contributed by atoms with Crippen LogP contribution in [0.15, 0.2) is 24.3 Å². The number of aryl methyl sites for hydroxylation is 3. The molecule has 20 heavy (non-hydrogen) atoms. The highest BCUT2D eigenvalue weighted by Gasteiger charge is 2.18. The smallest absolute Gasteiger partial charge is 0.237 e. The van der Waals surface area contributed by atoms with E-state index in [9.17, 15) is 5.26 Å². The first-order valence-corrected chi connectivity index (χ1v) is 6.86. The Morgan fingerprint density at radius 3 is 2.90 bits per heavy atom. The maximum atomic E-state index is 9.28. The van der Waals surface area contributed by atoms with Gasteiger partial charge in [0.2, 0.25) is 5.88 Å². The van der Waals surface area contributed by atoms with Gasteiger partial charge >= 0.3 is 0 Å². The van der Waals surface area contributed by atoms with E-state index in [0.29, 0.717) is 11.4 Å². The number of nitriles is 1. The summed E-state index contributed by atoms with van der Waals surface area (Å²) in [6.45, 7) is 4.06. The molecule has 1 aliphatic rings. The highest BCUT2D eigenvalue weighted by atomic mass is 16.5. The minimum absolute atomic E-state index is 0.432. The second kappa shape index (κ2) is 4.97. The van der Waals surface area contributed by atoms with Gasteiger partial charge in [0.05, 0.1) is 0 Å². The summed E-state index contributed by atoms with van der Waals surface area (Å²) in [5.41, 5.74) is 5.03. The van der Waals surface area contributed by atoms with Crippen LogP contribution in [0.5, 0.6) is 11.6 Å². The van der Waals surface area contributed by atoms with Crippen LogP contribution in [0.25, 0.3) is 0 Å². The molecule has 0 unspecified atom stereocenters. The number of pyridine rings is 1. The van der Waals surface area contributed by atoms with Gasteiger partial charge in [-0.15, -0.1) is 0 Å². The average Bonchev–Trinajstić information content (AvgIpc) is 2.90. The molecule has 3 rings (SSSR count). The molecule has 0 N–H and O–H groups in total. The summed E-state index contributed by atoms with van der Waals surface area (Å²) < 4.78 is 5.90. The van der Waals surface area contributed by atoms with Crippen LogP contribution < -0.4 is 4.74 Å². The lowest BCUT2D eigenvalue weighted by molar-refractivity contribution is 0.455. The molecule has 1 aromatic heterocycles. The highest BCUT2D eigenvalue weighted by molar-refractivity contribution is 5.47. The number of hydrogen-bond donors (Lipinski definition) is 0. The van der Waals surface area contributed by atoms with Gasteiger partial charge < -0.3 is 4.74 Å². The normalized spacial score (nSPS) is 12.8. The van der Waals surface area contributed by atoms with Gasteiger partial charge in [-0.05, 0) is 61.9 Å². The van der Waals surface area contributed by atoms with Crippen LogP contribution in [0, 0.1) is 25.2 Å². The van der Waals surface area contributed by atoms with Crippen molar-refractivity contribution in [2.24, 2.45) is 0 Å². The molecule has 2 aromatic rings. The van der Waals surface area contributed by atoms with E-state index in [0.717, 1.165) is 36.3 Å². The third-order valence-corrected chi connectivity index (χ3v) is 3.90. The minimum Gasteiger partial charge on any atom is -0.437 e. The van der Waals surface area contributed by atoms with Crippen LogP contribution in [-0.4, -0.2) is 4.98 Å². The van der Waals surface area contributed by atoms with Gasteiger partial charge in [-0.1, -0.05) is 12.1 Å². The summed E-state index contributed by atoms with van der Waals surface area (Å²) in [7, 11) is 0. The fourth-order valence-electron chi connectivity index (χ4n) is 2.55. The fraction of sp³-hybridized carbons (Fsp3) is 0.294. The lowest BCUT2D eigenvalue weighted by Crippen LogP contribution is -1.98. The molecule has 0 spiro atoms. The molecule has 0 radical (unpaired) electrons. The standard InChI is InChI=1S/C17H16N2O/c1-11-5-3-8-16(12(11)2)20-17-14(10-18)9-13-6-4-7-15(13)19-17/h3,5,8-9H,4,6-7H2,1-2H3. The van der Waals surface area contributed by atoms with Crippen molar-refractivity contribution in [3.63, 3.8) is 0 Å². The summed E-state index contributed by atoms with van der Waals surface area (Å²) in [6, 6.07) is 10.0. The van der Waals surface area contributed by atoms with Crippen LogP contribution >= 0.6 is 0 Å². The summed E-state index contributed by atoms with van der Waals surface area (Å²) in [6.07, 6.45) is 3.10. The number of nitrogens with zero attached hydrogens (tertiary/aromatic N) is 2. The number of aromatic nitrogens is 1. The largest absolute Gasteiger partial charge is 0.437 e. The van der Waals surface area contributed by atoms with E-state index in [4.69, 9.17) is 4.74 Å². The van der Waals surface area contributed by atoms with E-state index in [2.05, 4.69) is 11.1 Å². The molecule has 3 heteroatoms. The molecule has 0 amide bonds. The minimum atomic E-state index is 0.432. The molecular formula is C17H16N2O. The Hall–Kier alpha value is -2.34. The van der Waals surface area contributed by atoms with E-state index in [1.54, 1.807) is 0 Å². The van der Waals surface area contributed by atoms with Crippen LogP contribution in [0.1, 0.15) is 34.4 Å². The number of hydrogen-bond acceptors (Lipinski definition) is 3. The molecule has 100 valence electrons. The third kappa shape index (κ3) is 2.14. The van der Waals surface area contributed by atoms with Crippen LogP contribution in [-0.2, 0) is 12.8 Å². The second-order valence-corrected chi connectivity index (χ2v) is 5.21. The number of fused-ring (bicyclic) bond motifs is 1. The van der Waals surface area contributed by atoms with Crippen molar-refractivity contribution in [2.45, 2.75) is 33.1 Å². The Labute approximate surface area is 118 Å². The first kappa shape index (κ1) is 12.7. The van der Waals surface area contributed by atoms with Crippen molar-refractivity contribution in [2.75, 3.05) is 0 Å². The van der Waals surface area contributed by atoms with Crippen molar-refractivity contribution < 1.29 is 4.74 Å². The molecule has 1 aromatic carbocycles. The molecular weight excluding hydrogens is 248 g/mol. The monoisotopic (exact) mass is 264 g/mol. The predicted molar refractivity (Wildman–Crippen MR) is 77.0 cm³/mol. The van der Waals surface area contributed by atoms with E-state index in [-0.39, 0.29) is 0 Å². The Morgan fingerprint density at radius 2 is 2.10 bits per heavy atom. The van der Waals surface area contributed by atoms with Crippen LogP contribution in [0.4, 0.5) is 0 Å². The molecule has 0 atom stereocenters. The molecule has 0 aliphatic heterocycles. The Kier molecular flexibility index (Phi) is 3.15. The van der Waals surface area contributed by atoms with E-state index < -0.39 is 0 Å². The Balaban J connectivity index is 2.03. The van der Waals surface area contributed by atoms with Gasteiger partial charge in [-0.3, -0.25) is 0 Å². The SMILES string of the molecule is Cc1cccc(Oc2nc3c(cc2C#N)CCC3)c1C. The number of rotatable bonds is 2. The summed E-state index contributed by atoms with van der Waals surface area (Å²) in [5, 5.41) is 9.28. The molecule has 0 bridgehead atoms. The zero-order chi connectivity index (χ0) is 14.1. The van der Waals surface area contributed by atoms with Crippen molar-refractivity contribution >= 4 is 0 Å². The predicted octanol–water partition coefficient (Wildman–Crippen LogP) is 3.85. The maximum absolute atomic E-state index is 9.28. The fourth-order valence-corrected chi connectivity index (χ4v) is 2.55. The molecule has 0 fully saturated rings. The van der Waals surface area contributed by atoms with Gasteiger partial charge in [-0.25, -0.2) is 4.98 Å². The number of ether oxygens (including phenoxy) is 1. The quantitative estimate of drug-likeness (QED) is 0.827. The summed E-state index contributed by atoms with van der Waals surface area (Å²) in [4.78, 5) is 4.55. The van der Waals surface area contributed by atoms with Crippen LogP contribution in [0.3, 0.4) is 0 Å². The van der Waals surface area contributed by atoms with E-state index in [1.807, 2.05) is 38.1 Å². The molecule has 0 saturated carbocycles. The van der Waals surface area contributed by atoms with Crippen molar-refractivity contribution in [3.8, 4) is 17.7 Å². The van der Waals surface area contributed by atoms with Crippen molar-refractivity contribution in [3.05, 3.63) is 52.2 Å². The second-order valence-electron chi connectivity index (χ2n) is 5.21. The average molecular weight is 264 g/mol. The highest BCUT2D eigenvalue weighted by Crippen LogP contribution is 2.31. The third-order valence-electron chi connectivity index (χ3n) is 3.90. The molecule has 1 aliphatic carbocycles. The van der Waals surface area contributed by atoms with Crippen molar-refractivity contribution in [1.29, 1.82) is 5.26 Å². The van der Waals surface area contributed by atoms with Crippen LogP contribution in [0.2, 0.25) is 0 Å². The van der Waals surface area contributed by atoms with Gasteiger partial charge in [0.25, 0.3) is 0 Å². The van der Waals surface area contributed by atoms with Gasteiger partial charge in [0, 0.05) is 5.69 Å². The molecule has 1 heterocycles. The number of benzene rings is 1. The zero-order valence-electron chi connectivity index (χ0n) is 11.7. The van der Waals surface area contributed by atoms with Gasteiger partial charge in [-0.2, -0.15) is 5.26 Å². The van der Waals surface area contributed by atoms with Gasteiger partial charge in [0.15, 0.2) is 0 Å². The van der Waals surface area contributed by atoms with E-state index >= 15 is 0 Å². The first-order chi connectivity index (χ1) is 9.69. The topological polar surface area (TPSA) is 45.9 Å². The van der Waals surface area contributed by atoms with Gasteiger partial charge in [0.1, 0.15) is 17.4 Å². The molecule has 0 saturated heterocycles.